The Morgan fingerprint density at radius 2 is 0.638 bits per heavy atom. The summed E-state index contributed by atoms with van der Waals surface area (Å²) in [5, 5.41) is 4.20. The number of hydrogen-bond donors (Lipinski definition) is 0. The maximum Gasteiger partial charge on any atom is 0.164 e. The zero-order valence-corrected chi connectivity index (χ0v) is 31.0. The van der Waals surface area contributed by atoms with E-state index in [-0.39, 0.29) is 0 Å². The molecule has 5 heterocycles. The molecule has 0 N–H and O–H groups in total. The van der Waals surface area contributed by atoms with Crippen molar-refractivity contribution in [3.63, 3.8) is 0 Å². The fourth-order valence-corrected chi connectivity index (χ4v) is 7.61. The Bertz CT molecular complexity index is 3170. The summed E-state index contributed by atoms with van der Waals surface area (Å²) in [6.07, 6.45) is 3.63. The molecule has 0 fully saturated rings. The lowest BCUT2D eigenvalue weighted by Gasteiger charge is -2.11. The topological polar surface area (TPSA) is 90.2 Å². The van der Waals surface area contributed by atoms with E-state index in [9.17, 15) is 0 Å². The average Bonchev–Trinajstić information content (AvgIpc) is 3.31. The van der Waals surface area contributed by atoms with Crippen LogP contribution in [0.4, 0.5) is 0 Å². The lowest BCUT2D eigenvalue weighted by atomic mass is 10.0. The van der Waals surface area contributed by atoms with Gasteiger partial charge in [0, 0.05) is 61.8 Å². The molecule has 0 saturated heterocycles. The zero-order chi connectivity index (χ0) is 38.4. The third-order valence-corrected chi connectivity index (χ3v) is 10.6. The van der Waals surface area contributed by atoms with Gasteiger partial charge in [-0.25, -0.2) is 24.9 Å². The maximum atomic E-state index is 5.13. The molecule has 0 atom stereocenters. The Morgan fingerprint density at radius 1 is 0.241 bits per heavy atom. The molecule has 6 aromatic carbocycles. The molecule has 270 valence electrons. The van der Waals surface area contributed by atoms with Crippen molar-refractivity contribution in [1.82, 2.24) is 34.9 Å². The Hall–Kier alpha value is -8.03. The van der Waals surface area contributed by atoms with Crippen molar-refractivity contribution in [2.45, 2.75) is 0 Å². The van der Waals surface area contributed by atoms with Gasteiger partial charge in [0.1, 0.15) is 0 Å². The van der Waals surface area contributed by atoms with Gasteiger partial charge in [-0.2, -0.15) is 0 Å². The van der Waals surface area contributed by atoms with Gasteiger partial charge in [-0.1, -0.05) is 140 Å². The lowest BCUT2D eigenvalue weighted by molar-refractivity contribution is 1.07. The fourth-order valence-electron chi connectivity index (χ4n) is 7.61. The standard InChI is InChI=1S/C51H31N7/c1-2-8-32(9-3-1)33-16-22-38(23-17-33)49-56-50(41-12-4-10-39(30-41)43-26-24-36-20-18-34-14-6-28-52-45(34)47(36)54-43)58-51(57-49)42-13-5-11-40(31-42)44-27-25-37-21-19-35-15-7-29-53-46(35)48(37)55-44/h1-31H. The average molecular weight is 742 g/mol. The summed E-state index contributed by atoms with van der Waals surface area (Å²) in [6, 6.07) is 59.9. The molecule has 0 bridgehead atoms. The molecule has 5 aromatic heterocycles. The van der Waals surface area contributed by atoms with Crippen molar-refractivity contribution < 1.29 is 0 Å². The van der Waals surface area contributed by atoms with Gasteiger partial charge in [0.25, 0.3) is 0 Å². The van der Waals surface area contributed by atoms with E-state index >= 15 is 0 Å². The van der Waals surface area contributed by atoms with Gasteiger partial charge < -0.3 is 0 Å². The van der Waals surface area contributed by atoms with Gasteiger partial charge in [0.05, 0.1) is 33.5 Å². The molecular weight excluding hydrogens is 711 g/mol. The molecule has 0 saturated carbocycles. The van der Waals surface area contributed by atoms with E-state index in [1.54, 1.807) is 0 Å². The predicted octanol–water partition coefficient (Wildman–Crippen LogP) is 12.1. The number of benzene rings is 6. The van der Waals surface area contributed by atoms with Crippen LogP contribution in [0.3, 0.4) is 0 Å². The van der Waals surface area contributed by atoms with Crippen molar-refractivity contribution in [3.05, 3.63) is 188 Å². The molecule has 11 aromatic rings. The van der Waals surface area contributed by atoms with Gasteiger partial charge in [0.15, 0.2) is 17.5 Å². The third kappa shape index (κ3) is 6.08. The smallest absolute Gasteiger partial charge is 0.164 e. The first kappa shape index (κ1) is 33.3. The number of aromatic nitrogens is 7. The van der Waals surface area contributed by atoms with Crippen LogP contribution in [0.2, 0.25) is 0 Å². The van der Waals surface area contributed by atoms with Crippen LogP contribution in [-0.4, -0.2) is 34.9 Å². The normalized spacial score (nSPS) is 11.4. The second-order valence-corrected chi connectivity index (χ2v) is 14.2. The van der Waals surface area contributed by atoms with Crippen molar-refractivity contribution in [3.8, 4) is 67.8 Å². The quantitative estimate of drug-likeness (QED) is 0.157. The summed E-state index contributed by atoms with van der Waals surface area (Å²) in [6.45, 7) is 0. The third-order valence-electron chi connectivity index (χ3n) is 10.6. The van der Waals surface area contributed by atoms with Crippen LogP contribution in [0.15, 0.2) is 188 Å². The van der Waals surface area contributed by atoms with Crippen molar-refractivity contribution in [2.75, 3.05) is 0 Å². The first-order valence-corrected chi connectivity index (χ1v) is 19.1. The largest absolute Gasteiger partial charge is 0.254 e. The van der Waals surface area contributed by atoms with Gasteiger partial charge in [0.2, 0.25) is 0 Å². The summed E-state index contributed by atoms with van der Waals surface area (Å²) < 4.78 is 0. The Labute approximate surface area is 333 Å². The van der Waals surface area contributed by atoms with Gasteiger partial charge in [-0.05, 0) is 47.5 Å². The Balaban J connectivity index is 1.03. The minimum absolute atomic E-state index is 0.564. The molecule has 0 aliphatic heterocycles. The highest BCUT2D eigenvalue weighted by Gasteiger charge is 2.16. The van der Waals surface area contributed by atoms with E-state index in [2.05, 4.69) is 143 Å². The molecule has 0 aliphatic rings. The SMILES string of the molecule is c1ccc(-c2ccc(-c3nc(-c4cccc(-c5ccc6ccc7cccnc7c6n5)c4)nc(-c4cccc(-c5ccc6ccc7cccnc7c6n5)c4)n3)cc2)cc1. The van der Waals surface area contributed by atoms with Gasteiger partial charge in [-0.15, -0.1) is 0 Å². The molecule has 0 spiro atoms. The van der Waals surface area contributed by atoms with Crippen LogP contribution in [0.1, 0.15) is 0 Å². The number of pyridine rings is 4. The molecule has 11 rings (SSSR count). The summed E-state index contributed by atoms with van der Waals surface area (Å²) in [5.41, 5.74) is 12.0. The van der Waals surface area contributed by atoms with Crippen LogP contribution in [0.5, 0.6) is 0 Å². The number of hydrogen-bond acceptors (Lipinski definition) is 7. The van der Waals surface area contributed by atoms with E-state index < -0.39 is 0 Å². The summed E-state index contributed by atoms with van der Waals surface area (Å²) in [5.74, 6) is 1.71. The monoisotopic (exact) mass is 741 g/mol. The van der Waals surface area contributed by atoms with E-state index in [4.69, 9.17) is 24.9 Å². The molecule has 58 heavy (non-hydrogen) atoms. The number of fused-ring (bicyclic) bond motifs is 6. The van der Waals surface area contributed by atoms with E-state index in [1.165, 1.54) is 0 Å². The molecule has 0 amide bonds. The number of nitrogens with zero attached hydrogens (tertiary/aromatic N) is 7. The van der Waals surface area contributed by atoms with E-state index in [1.807, 2.05) is 54.9 Å². The molecule has 0 aliphatic carbocycles. The minimum Gasteiger partial charge on any atom is -0.254 e. The molecular formula is C51H31N7. The van der Waals surface area contributed by atoms with Gasteiger partial charge in [-0.3, -0.25) is 9.97 Å². The molecule has 7 heteroatoms. The highest BCUT2D eigenvalue weighted by molar-refractivity contribution is 6.04. The van der Waals surface area contributed by atoms with E-state index in [0.717, 1.165) is 93.9 Å². The van der Waals surface area contributed by atoms with Crippen LogP contribution < -0.4 is 0 Å². The van der Waals surface area contributed by atoms with Crippen LogP contribution in [-0.2, 0) is 0 Å². The minimum atomic E-state index is 0.564. The summed E-state index contributed by atoms with van der Waals surface area (Å²) in [7, 11) is 0. The van der Waals surface area contributed by atoms with Crippen molar-refractivity contribution in [1.29, 1.82) is 0 Å². The highest BCUT2D eigenvalue weighted by atomic mass is 15.0. The Morgan fingerprint density at radius 3 is 1.16 bits per heavy atom. The summed E-state index contributed by atoms with van der Waals surface area (Å²) in [4.78, 5) is 34.9. The van der Waals surface area contributed by atoms with Crippen LogP contribution in [0.25, 0.3) is 111 Å². The second-order valence-electron chi connectivity index (χ2n) is 14.2. The number of rotatable bonds is 6. The van der Waals surface area contributed by atoms with Crippen LogP contribution in [0, 0.1) is 0 Å². The fraction of sp³-hybridized carbons (Fsp3) is 0. The predicted molar refractivity (Wildman–Crippen MR) is 234 cm³/mol. The molecule has 0 radical (unpaired) electrons. The highest BCUT2D eigenvalue weighted by Crippen LogP contribution is 2.33. The zero-order valence-electron chi connectivity index (χ0n) is 31.0. The Kier molecular flexibility index (Phi) is 8.00. The molecule has 7 nitrogen and oxygen atoms in total. The van der Waals surface area contributed by atoms with Crippen molar-refractivity contribution in [2.24, 2.45) is 0 Å². The van der Waals surface area contributed by atoms with Crippen LogP contribution >= 0.6 is 0 Å². The van der Waals surface area contributed by atoms with Crippen molar-refractivity contribution >= 4 is 43.6 Å². The van der Waals surface area contributed by atoms with Gasteiger partial charge >= 0.3 is 0 Å². The lowest BCUT2D eigenvalue weighted by Crippen LogP contribution is -2.00. The molecule has 0 unspecified atom stereocenters. The first-order valence-electron chi connectivity index (χ1n) is 19.1. The van der Waals surface area contributed by atoms with E-state index in [0.29, 0.717) is 17.5 Å². The second kappa shape index (κ2) is 13.9. The summed E-state index contributed by atoms with van der Waals surface area (Å²) >= 11 is 0. The maximum absolute atomic E-state index is 5.13. The first-order chi connectivity index (χ1) is 28.7.